The van der Waals surface area contributed by atoms with E-state index in [4.69, 9.17) is 0 Å². The van der Waals surface area contributed by atoms with E-state index in [1.165, 1.54) is 11.1 Å². The third-order valence-electron chi connectivity index (χ3n) is 3.67. The van der Waals surface area contributed by atoms with Crippen molar-refractivity contribution in [3.8, 4) is 0 Å². The lowest BCUT2D eigenvalue weighted by atomic mass is 10.0. The Morgan fingerprint density at radius 1 is 1.53 bits per heavy atom. The second-order valence-corrected chi connectivity index (χ2v) is 6.08. The second kappa shape index (κ2) is 5.09. The van der Waals surface area contributed by atoms with E-state index in [1.54, 1.807) is 0 Å². The first kappa shape index (κ1) is 13.1. The van der Waals surface area contributed by atoms with E-state index >= 15 is 0 Å². The molecule has 2 rings (SSSR count). The van der Waals surface area contributed by atoms with E-state index in [2.05, 4.69) is 39.4 Å². The minimum absolute atomic E-state index is 0.399. The van der Waals surface area contributed by atoms with Crippen LogP contribution >= 0.6 is 15.9 Å². The molecule has 0 saturated heterocycles. The lowest BCUT2D eigenvalue weighted by molar-refractivity contribution is 0.0528. The zero-order valence-electron chi connectivity index (χ0n) is 10.5. The van der Waals surface area contributed by atoms with Crippen LogP contribution in [0.5, 0.6) is 0 Å². The summed E-state index contributed by atoms with van der Waals surface area (Å²) in [6.45, 7) is 4.56. The van der Waals surface area contributed by atoms with E-state index in [0.717, 1.165) is 23.7 Å². The molecule has 1 aromatic rings. The fraction of sp³-hybridized carbons (Fsp3) is 0.571. The first-order valence-corrected chi connectivity index (χ1v) is 7.05. The molecular formula is C14H20BrNO. The lowest BCUT2D eigenvalue weighted by Gasteiger charge is -2.24. The average Bonchev–Trinajstić information content (AvgIpc) is 2.69. The number of rotatable bonds is 4. The van der Waals surface area contributed by atoms with Crippen molar-refractivity contribution >= 4 is 15.9 Å². The number of hydrogen-bond donors (Lipinski definition) is 2. The first-order chi connectivity index (χ1) is 8.02. The SMILES string of the molecule is CCC(C)(O)CNC1CCc2cc(Br)ccc21. The highest BCUT2D eigenvalue weighted by Gasteiger charge is 2.25. The van der Waals surface area contributed by atoms with Gasteiger partial charge in [0, 0.05) is 17.1 Å². The number of hydrogen-bond acceptors (Lipinski definition) is 2. The smallest absolute Gasteiger partial charge is 0.0741 e. The monoisotopic (exact) mass is 297 g/mol. The van der Waals surface area contributed by atoms with Crippen LogP contribution < -0.4 is 5.32 Å². The maximum absolute atomic E-state index is 10.0. The van der Waals surface area contributed by atoms with Gasteiger partial charge in [0.05, 0.1) is 5.60 Å². The number of nitrogens with one attached hydrogen (secondary N) is 1. The van der Waals surface area contributed by atoms with Gasteiger partial charge in [-0.3, -0.25) is 0 Å². The van der Waals surface area contributed by atoms with Crippen LogP contribution in [-0.2, 0) is 6.42 Å². The topological polar surface area (TPSA) is 32.3 Å². The third kappa shape index (κ3) is 3.09. The molecule has 2 N–H and O–H groups in total. The van der Waals surface area contributed by atoms with Crippen LogP contribution in [-0.4, -0.2) is 17.3 Å². The highest BCUT2D eigenvalue weighted by Crippen LogP contribution is 2.33. The Kier molecular flexibility index (Phi) is 3.91. The molecule has 0 amide bonds. The van der Waals surface area contributed by atoms with Crippen molar-refractivity contribution in [3.63, 3.8) is 0 Å². The van der Waals surface area contributed by atoms with Crippen molar-refractivity contribution in [2.24, 2.45) is 0 Å². The van der Waals surface area contributed by atoms with Gasteiger partial charge < -0.3 is 10.4 Å². The predicted octanol–water partition coefficient (Wildman–Crippen LogP) is 3.19. The summed E-state index contributed by atoms with van der Waals surface area (Å²) in [5.41, 5.74) is 2.21. The Morgan fingerprint density at radius 3 is 3.00 bits per heavy atom. The van der Waals surface area contributed by atoms with Gasteiger partial charge in [0.1, 0.15) is 0 Å². The number of aliphatic hydroxyl groups is 1. The van der Waals surface area contributed by atoms with Gasteiger partial charge in [-0.2, -0.15) is 0 Å². The van der Waals surface area contributed by atoms with Gasteiger partial charge in [0.15, 0.2) is 0 Å². The van der Waals surface area contributed by atoms with Crippen molar-refractivity contribution in [3.05, 3.63) is 33.8 Å². The van der Waals surface area contributed by atoms with Crippen LogP contribution in [0.2, 0.25) is 0 Å². The second-order valence-electron chi connectivity index (χ2n) is 5.17. The minimum Gasteiger partial charge on any atom is -0.389 e. The fourth-order valence-electron chi connectivity index (χ4n) is 2.27. The summed E-state index contributed by atoms with van der Waals surface area (Å²) in [7, 11) is 0. The van der Waals surface area contributed by atoms with E-state index in [9.17, 15) is 5.11 Å². The van der Waals surface area contributed by atoms with Crippen molar-refractivity contribution in [2.75, 3.05) is 6.54 Å². The molecule has 1 aromatic carbocycles. The first-order valence-electron chi connectivity index (χ1n) is 6.26. The molecule has 0 radical (unpaired) electrons. The molecule has 0 aliphatic heterocycles. The molecule has 0 saturated carbocycles. The summed E-state index contributed by atoms with van der Waals surface area (Å²) < 4.78 is 1.15. The highest BCUT2D eigenvalue weighted by atomic mass is 79.9. The Labute approximate surface area is 112 Å². The molecule has 3 heteroatoms. The van der Waals surface area contributed by atoms with Gasteiger partial charge >= 0.3 is 0 Å². The Morgan fingerprint density at radius 2 is 2.29 bits per heavy atom. The van der Waals surface area contributed by atoms with Crippen LogP contribution in [0.25, 0.3) is 0 Å². The molecule has 2 atom stereocenters. The minimum atomic E-state index is -0.599. The van der Waals surface area contributed by atoms with Crippen molar-refractivity contribution < 1.29 is 5.11 Å². The van der Waals surface area contributed by atoms with E-state index < -0.39 is 5.60 Å². The Bertz CT molecular complexity index is 403. The average molecular weight is 298 g/mol. The van der Waals surface area contributed by atoms with Gasteiger partial charge in [-0.15, -0.1) is 0 Å². The summed E-state index contributed by atoms with van der Waals surface area (Å²) in [5, 5.41) is 13.5. The largest absolute Gasteiger partial charge is 0.389 e. The highest BCUT2D eigenvalue weighted by molar-refractivity contribution is 9.10. The zero-order valence-corrected chi connectivity index (χ0v) is 12.0. The molecule has 0 heterocycles. The number of benzene rings is 1. The summed E-state index contributed by atoms with van der Waals surface area (Å²) in [5.74, 6) is 0. The summed E-state index contributed by atoms with van der Waals surface area (Å²) >= 11 is 3.51. The molecular weight excluding hydrogens is 278 g/mol. The summed E-state index contributed by atoms with van der Waals surface area (Å²) in [6.07, 6.45) is 3.03. The van der Waals surface area contributed by atoms with Crippen LogP contribution in [0.3, 0.4) is 0 Å². The zero-order chi connectivity index (χ0) is 12.5. The predicted molar refractivity (Wildman–Crippen MR) is 74.1 cm³/mol. The molecule has 2 unspecified atom stereocenters. The molecule has 94 valence electrons. The summed E-state index contributed by atoms with van der Waals surface area (Å²) in [4.78, 5) is 0. The molecule has 0 fully saturated rings. The molecule has 0 spiro atoms. The third-order valence-corrected chi connectivity index (χ3v) is 4.17. The van der Waals surface area contributed by atoms with Crippen molar-refractivity contribution in [2.45, 2.75) is 44.8 Å². The van der Waals surface area contributed by atoms with Gasteiger partial charge in [-0.1, -0.05) is 28.9 Å². The summed E-state index contributed by atoms with van der Waals surface area (Å²) in [6, 6.07) is 6.88. The maximum Gasteiger partial charge on any atom is 0.0741 e. The normalized spacial score (nSPS) is 22.2. The van der Waals surface area contributed by atoms with E-state index in [-0.39, 0.29) is 0 Å². The van der Waals surface area contributed by atoms with Gasteiger partial charge in [0.25, 0.3) is 0 Å². The van der Waals surface area contributed by atoms with Crippen molar-refractivity contribution in [1.82, 2.24) is 5.32 Å². The molecule has 17 heavy (non-hydrogen) atoms. The van der Waals surface area contributed by atoms with Crippen LogP contribution in [0.4, 0.5) is 0 Å². The van der Waals surface area contributed by atoms with Gasteiger partial charge in [0.2, 0.25) is 0 Å². The number of halogens is 1. The molecule has 1 aliphatic carbocycles. The molecule has 0 aromatic heterocycles. The molecule has 2 nitrogen and oxygen atoms in total. The Balaban J connectivity index is 2.03. The quantitative estimate of drug-likeness (QED) is 0.895. The standard InChI is InChI=1S/C14H20BrNO/c1-3-14(2,17)9-16-13-7-4-10-8-11(15)5-6-12(10)13/h5-6,8,13,16-17H,3-4,7,9H2,1-2H3. The number of aryl methyl sites for hydroxylation is 1. The van der Waals surface area contributed by atoms with Gasteiger partial charge in [-0.05, 0) is 49.4 Å². The van der Waals surface area contributed by atoms with Gasteiger partial charge in [-0.25, -0.2) is 0 Å². The van der Waals surface area contributed by atoms with E-state index in [0.29, 0.717) is 12.6 Å². The number of fused-ring (bicyclic) bond motifs is 1. The van der Waals surface area contributed by atoms with Crippen molar-refractivity contribution in [1.29, 1.82) is 0 Å². The molecule has 0 bridgehead atoms. The molecule has 1 aliphatic rings. The van der Waals surface area contributed by atoms with E-state index in [1.807, 2.05) is 13.8 Å². The van der Waals surface area contributed by atoms with Crippen LogP contribution in [0, 0.1) is 0 Å². The van der Waals surface area contributed by atoms with Crippen LogP contribution in [0.15, 0.2) is 22.7 Å². The Hall–Kier alpha value is -0.380. The maximum atomic E-state index is 10.0. The lowest BCUT2D eigenvalue weighted by Crippen LogP contribution is -2.38. The van der Waals surface area contributed by atoms with Crippen LogP contribution in [0.1, 0.15) is 43.9 Å². The fourth-order valence-corrected chi connectivity index (χ4v) is 2.67.